The summed E-state index contributed by atoms with van der Waals surface area (Å²) in [5, 5.41) is 0. The molecule has 1 unspecified atom stereocenters. The first-order valence-electron chi connectivity index (χ1n) is 11.1. The zero-order chi connectivity index (χ0) is 23.6. The second-order valence-electron chi connectivity index (χ2n) is 9.16. The number of aromatic nitrogens is 4. The Morgan fingerprint density at radius 2 is 1.94 bits per heavy atom. The highest BCUT2D eigenvalue weighted by atomic mass is 16.5. The molecule has 8 heteroatoms. The number of likely N-dealkylation sites (tertiary alicyclic amines) is 1. The average Bonchev–Trinajstić information content (AvgIpc) is 3.28. The molecular weight excluding hydrogens is 416 g/mol. The van der Waals surface area contributed by atoms with Crippen LogP contribution in [0.4, 0.5) is 5.95 Å². The average molecular weight is 447 g/mol. The third-order valence-electron chi connectivity index (χ3n) is 5.82. The van der Waals surface area contributed by atoms with Gasteiger partial charge in [0.15, 0.2) is 5.60 Å². The van der Waals surface area contributed by atoms with Gasteiger partial charge >= 0.3 is 0 Å². The second-order valence-corrected chi connectivity index (χ2v) is 9.16. The maximum atomic E-state index is 13.4. The molecular formula is C25H30N6O2. The Labute approximate surface area is 194 Å². The van der Waals surface area contributed by atoms with Gasteiger partial charge in [0.05, 0.1) is 5.69 Å². The van der Waals surface area contributed by atoms with E-state index >= 15 is 0 Å². The van der Waals surface area contributed by atoms with Crippen molar-refractivity contribution >= 4 is 11.9 Å². The number of anilines is 1. The van der Waals surface area contributed by atoms with E-state index in [1.807, 2.05) is 75.1 Å². The monoisotopic (exact) mass is 446 g/mol. The van der Waals surface area contributed by atoms with Gasteiger partial charge in [0.25, 0.3) is 5.91 Å². The van der Waals surface area contributed by atoms with Crippen LogP contribution in [0.2, 0.25) is 0 Å². The summed E-state index contributed by atoms with van der Waals surface area (Å²) in [7, 11) is 3.83. The minimum atomic E-state index is -0.973. The van der Waals surface area contributed by atoms with Gasteiger partial charge in [0, 0.05) is 62.8 Å². The fraction of sp³-hybridized carbons (Fsp3) is 0.400. The van der Waals surface area contributed by atoms with Crippen molar-refractivity contribution < 1.29 is 9.53 Å². The van der Waals surface area contributed by atoms with Gasteiger partial charge in [-0.2, -0.15) is 0 Å². The maximum Gasteiger partial charge on any atom is 0.266 e. The van der Waals surface area contributed by atoms with Crippen molar-refractivity contribution in [1.29, 1.82) is 0 Å². The number of nitrogens with zero attached hydrogens (tertiary/aromatic N) is 6. The van der Waals surface area contributed by atoms with Gasteiger partial charge in [-0.15, -0.1) is 0 Å². The molecule has 0 spiro atoms. The minimum Gasteiger partial charge on any atom is -0.478 e. The predicted octanol–water partition coefficient (Wildman–Crippen LogP) is 3.48. The van der Waals surface area contributed by atoms with E-state index in [0.717, 1.165) is 28.8 Å². The first-order chi connectivity index (χ1) is 15.7. The molecule has 0 bridgehead atoms. The van der Waals surface area contributed by atoms with E-state index in [0.29, 0.717) is 24.8 Å². The lowest BCUT2D eigenvalue weighted by Gasteiger charge is -2.30. The van der Waals surface area contributed by atoms with E-state index in [1.54, 1.807) is 12.4 Å². The Balaban J connectivity index is 1.57. The van der Waals surface area contributed by atoms with Gasteiger partial charge in [0.2, 0.25) is 5.95 Å². The highest BCUT2D eigenvalue weighted by Gasteiger charge is 2.39. The second kappa shape index (κ2) is 9.13. The summed E-state index contributed by atoms with van der Waals surface area (Å²) in [6.45, 7) is 6.88. The maximum absolute atomic E-state index is 13.4. The van der Waals surface area contributed by atoms with Crippen LogP contribution in [0.5, 0.6) is 5.75 Å². The zero-order valence-electron chi connectivity index (χ0n) is 19.8. The van der Waals surface area contributed by atoms with Crippen molar-refractivity contribution in [3.63, 3.8) is 0 Å². The molecule has 2 aromatic heterocycles. The number of benzene rings is 1. The Morgan fingerprint density at radius 3 is 2.64 bits per heavy atom. The SMILES string of the molecule is Cc1cccc(OC(C)(C)C(=O)N2CCC(c3nc(N(C)C)ncc3-c3cncnc3)C2)c1. The molecule has 1 aliphatic rings. The summed E-state index contributed by atoms with van der Waals surface area (Å²) in [5.41, 5.74) is 2.80. The van der Waals surface area contributed by atoms with Crippen molar-refractivity contribution in [2.45, 2.75) is 38.7 Å². The number of hydrogen-bond donors (Lipinski definition) is 0. The van der Waals surface area contributed by atoms with Gasteiger partial charge in [0.1, 0.15) is 12.1 Å². The molecule has 0 N–H and O–H groups in total. The van der Waals surface area contributed by atoms with E-state index in [-0.39, 0.29) is 11.8 Å². The van der Waals surface area contributed by atoms with Crippen molar-refractivity contribution in [2.24, 2.45) is 0 Å². The van der Waals surface area contributed by atoms with Crippen LogP contribution in [0, 0.1) is 6.92 Å². The number of carbonyl (C=O) groups excluding carboxylic acids is 1. The number of aryl methyl sites for hydroxylation is 1. The standard InChI is InChI=1S/C25H30N6O2/c1-17-7-6-8-20(11-17)33-25(2,3)23(32)31-10-9-18(15-31)22-21(19-12-26-16-27-13-19)14-28-24(29-22)30(4)5/h6-8,11-14,16,18H,9-10,15H2,1-5H3. The Hall–Kier alpha value is -3.55. The van der Waals surface area contributed by atoms with Crippen LogP contribution in [0.15, 0.2) is 49.2 Å². The summed E-state index contributed by atoms with van der Waals surface area (Å²) in [6.07, 6.45) is 7.68. The molecule has 0 aliphatic carbocycles. The molecule has 33 heavy (non-hydrogen) atoms. The van der Waals surface area contributed by atoms with Gasteiger partial charge < -0.3 is 14.5 Å². The fourth-order valence-corrected chi connectivity index (χ4v) is 4.14. The van der Waals surface area contributed by atoms with E-state index in [4.69, 9.17) is 9.72 Å². The molecule has 1 aliphatic heterocycles. The summed E-state index contributed by atoms with van der Waals surface area (Å²) in [4.78, 5) is 34.8. The van der Waals surface area contributed by atoms with Crippen LogP contribution in [0.1, 0.15) is 37.4 Å². The topological polar surface area (TPSA) is 84.3 Å². The van der Waals surface area contributed by atoms with Crippen LogP contribution in [-0.4, -0.2) is 63.5 Å². The number of carbonyl (C=O) groups is 1. The van der Waals surface area contributed by atoms with Crippen molar-refractivity contribution in [3.8, 4) is 16.9 Å². The summed E-state index contributed by atoms with van der Waals surface area (Å²) < 4.78 is 6.10. The Morgan fingerprint density at radius 1 is 1.18 bits per heavy atom. The Bertz CT molecular complexity index is 1130. The van der Waals surface area contributed by atoms with Gasteiger partial charge in [-0.1, -0.05) is 12.1 Å². The number of rotatable bonds is 6. The normalized spacial score (nSPS) is 16.0. The van der Waals surface area contributed by atoms with Crippen LogP contribution < -0.4 is 9.64 Å². The molecule has 1 atom stereocenters. The molecule has 0 radical (unpaired) electrons. The molecule has 1 fully saturated rings. The van der Waals surface area contributed by atoms with Gasteiger partial charge in [-0.05, 0) is 44.9 Å². The lowest BCUT2D eigenvalue weighted by molar-refractivity contribution is -0.144. The lowest BCUT2D eigenvalue weighted by atomic mass is 9.97. The molecule has 3 aromatic rings. The molecule has 4 rings (SSSR count). The van der Waals surface area contributed by atoms with Crippen molar-refractivity contribution in [1.82, 2.24) is 24.8 Å². The summed E-state index contributed by atoms with van der Waals surface area (Å²) in [6, 6.07) is 7.77. The van der Waals surface area contributed by atoms with Crippen LogP contribution in [-0.2, 0) is 4.79 Å². The van der Waals surface area contributed by atoms with E-state index in [9.17, 15) is 4.79 Å². The molecule has 8 nitrogen and oxygen atoms in total. The largest absolute Gasteiger partial charge is 0.478 e. The summed E-state index contributed by atoms with van der Waals surface area (Å²) in [5.74, 6) is 1.39. The minimum absolute atomic E-state index is 0.0296. The third kappa shape index (κ3) is 4.94. The van der Waals surface area contributed by atoms with Crippen molar-refractivity contribution in [2.75, 3.05) is 32.1 Å². The molecule has 172 valence electrons. The Kier molecular flexibility index (Phi) is 6.26. The first-order valence-corrected chi connectivity index (χ1v) is 11.1. The van der Waals surface area contributed by atoms with Crippen LogP contribution in [0.25, 0.3) is 11.1 Å². The molecule has 1 aromatic carbocycles. The number of hydrogen-bond acceptors (Lipinski definition) is 7. The highest BCUT2D eigenvalue weighted by Crippen LogP contribution is 2.35. The quantitative estimate of drug-likeness (QED) is 0.573. The fourth-order valence-electron chi connectivity index (χ4n) is 4.14. The molecule has 3 heterocycles. The van der Waals surface area contributed by atoms with Gasteiger partial charge in [-0.25, -0.2) is 19.9 Å². The predicted molar refractivity (Wildman–Crippen MR) is 127 cm³/mol. The molecule has 1 amide bonds. The van der Waals surface area contributed by atoms with Crippen LogP contribution in [0.3, 0.4) is 0 Å². The smallest absolute Gasteiger partial charge is 0.266 e. The van der Waals surface area contributed by atoms with E-state index < -0.39 is 5.60 Å². The molecule has 0 saturated carbocycles. The first kappa shape index (κ1) is 22.6. The lowest BCUT2D eigenvalue weighted by Crippen LogP contribution is -2.48. The van der Waals surface area contributed by atoms with E-state index in [1.165, 1.54) is 6.33 Å². The number of ether oxygens (including phenoxy) is 1. The zero-order valence-corrected chi connectivity index (χ0v) is 19.8. The van der Waals surface area contributed by atoms with Gasteiger partial charge in [-0.3, -0.25) is 4.79 Å². The third-order valence-corrected chi connectivity index (χ3v) is 5.82. The summed E-state index contributed by atoms with van der Waals surface area (Å²) >= 11 is 0. The number of amides is 1. The van der Waals surface area contributed by atoms with Crippen molar-refractivity contribution in [3.05, 3.63) is 60.4 Å². The van der Waals surface area contributed by atoms with E-state index in [2.05, 4.69) is 15.0 Å². The molecule has 1 saturated heterocycles. The van der Waals surface area contributed by atoms with Crippen LogP contribution >= 0.6 is 0 Å². The highest BCUT2D eigenvalue weighted by molar-refractivity contribution is 5.85.